The molecule has 0 aliphatic rings. The van der Waals surface area contributed by atoms with Crippen molar-refractivity contribution in [2.75, 3.05) is 7.05 Å². The lowest BCUT2D eigenvalue weighted by Crippen LogP contribution is -2.26. The quantitative estimate of drug-likeness (QED) is 0.436. The van der Waals surface area contributed by atoms with E-state index in [0.29, 0.717) is 5.96 Å². The summed E-state index contributed by atoms with van der Waals surface area (Å²) in [4.78, 5) is 3.69. The van der Waals surface area contributed by atoms with Crippen LogP contribution in [-0.4, -0.2) is 19.2 Å². The highest BCUT2D eigenvalue weighted by molar-refractivity contribution is 5.85. The number of halogens is 1. The van der Waals surface area contributed by atoms with Crippen LogP contribution in [-0.2, 0) is 0 Å². The van der Waals surface area contributed by atoms with Gasteiger partial charge in [-0.05, 0) is 5.56 Å². The summed E-state index contributed by atoms with van der Waals surface area (Å²) in [6.45, 7) is 0. The molecule has 0 fully saturated rings. The van der Waals surface area contributed by atoms with E-state index in [2.05, 4.69) is 15.5 Å². The van der Waals surface area contributed by atoms with Crippen molar-refractivity contribution in [3.63, 3.8) is 0 Å². The Balaban J connectivity index is 0.00000169. The lowest BCUT2D eigenvalue weighted by atomic mass is 10.2. The molecule has 1 rings (SSSR count). The van der Waals surface area contributed by atoms with Crippen molar-refractivity contribution in [3.05, 3.63) is 35.9 Å². The van der Waals surface area contributed by atoms with Crippen LogP contribution in [0.4, 0.5) is 0 Å². The summed E-state index contributed by atoms with van der Waals surface area (Å²) in [6, 6.07) is 9.73. The first kappa shape index (κ1) is 12.5. The number of rotatable bonds is 2. The number of aliphatic imine (C=N–C) groups is 1. The zero-order valence-electron chi connectivity index (χ0n) is 7.84. The molecule has 0 heterocycles. The van der Waals surface area contributed by atoms with Crippen molar-refractivity contribution < 1.29 is 0 Å². The number of benzene rings is 1. The van der Waals surface area contributed by atoms with E-state index in [4.69, 9.17) is 5.73 Å². The largest absolute Gasteiger partial charge is 0.369 e. The molecular weight excluding hydrogens is 200 g/mol. The maximum absolute atomic E-state index is 5.36. The monoisotopic (exact) mass is 212 g/mol. The minimum absolute atomic E-state index is 0. The first-order chi connectivity index (χ1) is 6.33. The summed E-state index contributed by atoms with van der Waals surface area (Å²) >= 11 is 0. The molecule has 0 aromatic heterocycles. The van der Waals surface area contributed by atoms with Gasteiger partial charge in [-0.15, -0.1) is 12.4 Å². The van der Waals surface area contributed by atoms with Gasteiger partial charge in [0.15, 0.2) is 0 Å². The molecule has 0 spiro atoms. The van der Waals surface area contributed by atoms with Crippen molar-refractivity contribution in [2.45, 2.75) is 0 Å². The Morgan fingerprint density at radius 2 is 2.00 bits per heavy atom. The summed E-state index contributed by atoms with van der Waals surface area (Å²) in [5.74, 6) is 0.298. The van der Waals surface area contributed by atoms with Gasteiger partial charge in [-0.3, -0.25) is 4.99 Å². The fraction of sp³-hybridized carbons (Fsp3) is 0.111. The predicted octanol–water partition coefficient (Wildman–Crippen LogP) is 0.976. The second kappa shape index (κ2) is 6.91. The lowest BCUT2D eigenvalue weighted by Gasteiger charge is -1.95. The fourth-order valence-corrected chi connectivity index (χ4v) is 0.762. The van der Waals surface area contributed by atoms with Crippen LogP contribution < -0.4 is 11.2 Å². The smallest absolute Gasteiger partial charge is 0.209 e. The minimum atomic E-state index is 0. The third kappa shape index (κ3) is 4.47. The Morgan fingerprint density at radius 1 is 1.36 bits per heavy atom. The summed E-state index contributed by atoms with van der Waals surface area (Å²) in [6.07, 6.45) is 1.68. The first-order valence-corrected chi connectivity index (χ1v) is 3.89. The van der Waals surface area contributed by atoms with Crippen molar-refractivity contribution >= 4 is 24.6 Å². The first-order valence-electron chi connectivity index (χ1n) is 3.89. The SMILES string of the molecule is CN=C(N)N/N=C/c1ccccc1.Cl. The van der Waals surface area contributed by atoms with Gasteiger partial charge in [-0.2, -0.15) is 5.10 Å². The number of nitrogens with zero attached hydrogens (tertiary/aromatic N) is 2. The number of nitrogens with two attached hydrogens (primary N) is 1. The van der Waals surface area contributed by atoms with E-state index in [-0.39, 0.29) is 12.4 Å². The zero-order chi connectivity index (χ0) is 9.52. The number of hydrogen-bond donors (Lipinski definition) is 2. The molecule has 3 N–H and O–H groups in total. The molecule has 0 saturated carbocycles. The van der Waals surface area contributed by atoms with Crippen LogP contribution in [0, 0.1) is 0 Å². The molecule has 1 aromatic rings. The van der Waals surface area contributed by atoms with Crippen molar-refractivity contribution in [2.24, 2.45) is 15.8 Å². The van der Waals surface area contributed by atoms with Crippen LogP contribution in [0.3, 0.4) is 0 Å². The zero-order valence-corrected chi connectivity index (χ0v) is 8.66. The maximum atomic E-state index is 5.36. The summed E-state index contributed by atoms with van der Waals surface area (Å²) in [7, 11) is 1.60. The van der Waals surface area contributed by atoms with Gasteiger partial charge in [-0.25, -0.2) is 5.43 Å². The van der Waals surface area contributed by atoms with Gasteiger partial charge < -0.3 is 5.73 Å². The average molecular weight is 213 g/mol. The Hall–Kier alpha value is -1.55. The average Bonchev–Trinajstić information content (AvgIpc) is 2.19. The van der Waals surface area contributed by atoms with Gasteiger partial charge in [0.2, 0.25) is 5.96 Å². The Morgan fingerprint density at radius 3 is 2.57 bits per heavy atom. The van der Waals surface area contributed by atoms with E-state index < -0.39 is 0 Å². The molecular formula is C9H13ClN4. The highest BCUT2D eigenvalue weighted by Gasteiger charge is 1.84. The second-order valence-corrected chi connectivity index (χ2v) is 2.39. The maximum Gasteiger partial charge on any atom is 0.209 e. The second-order valence-electron chi connectivity index (χ2n) is 2.39. The third-order valence-electron chi connectivity index (χ3n) is 1.43. The number of hydrazone groups is 1. The van der Waals surface area contributed by atoms with Crippen LogP contribution >= 0.6 is 12.4 Å². The predicted molar refractivity (Wildman–Crippen MR) is 62.0 cm³/mol. The van der Waals surface area contributed by atoms with E-state index in [0.717, 1.165) is 5.56 Å². The summed E-state index contributed by atoms with van der Waals surface area (Å²) in [5.41, 5.74) is 8.95. The van der Waals surface area contributed by atoms with E-state index >= 15 is 0 Å². The molecule has 0 unspecified atom stereocenters. The molecule has 0 aliphatic heterocycles. The van der Waals surface area contributed by atoms with E-state index in [1.165, 1.54) is 0 Å². The summed E-state index contributed by atoms with van der Waals surface area (Å²) in [5, 5.41) is 3.88. The molecule has 14 heavy (non-hydrogen) atoms. The van der Waals surface area contributed by atoms with Crippen LogP contribution in [0.5, 0.6) is 0 Å². The van der Waals surface area contributed by atoms with Crippen molar-refractivity contribution in [1.82, 2.24) is 5.43 Å². The van der Waals surface area contributed by atoms with Gasteiger partial charge in [0, 0.05) is 7.05 Å². The van der Waals surface area contributed by atoms with Gasteiger partial charge >= 0.3 is 0 Å². The molecule has 1 aromatic carbocycles. The molecule has 0 saturated heterocycles. The molecule has 0 radical (unpaired) electrons. The topological polar surface area (TPSA) is 62.8 Å². The normalized spacial score (nSPS) is 11.1. The molecule has 4 nitrogen and oxygen atoms in total. The Labute approximate surface area is 89.3 Å². The fourth-order valence-electron chi connectivity index (χ4n) is 0.762. The standard InChI is InChI=1S/C9H12N4.ClH/c1-11-9(10)13-12-7-8-5-3-2-4-6-8;/h2-7H,1H3,(H3,10,11,13);1H/b12-7+;. The number of guanidine groups is 1. The van der Waals surface area contributed by atoms with Gasteiger partial charge in [0.25, 0.3) is 0 Å². The third-order valence-corrected chi connectivity index (χ3v) is 1.43. The van der Waals surface area contributed by atoms with Crippen LogP contribution in [0.25, 0.3) is 0 Å². The van der Waals surface area contributed by atoms with Crippen molar-refractivity contribution in [3.8, 4) is 0 Å². The highest BCUT2D eigenvalue weighted by Crippen LogP contribution is 1.92. The lowest BCUT2D eigenvalue weighted by molar-refractivity contribution is 1.01. The van der Waals surface area contributed by atoms with Gasteiger partial charge in [0.1, 0.15) is 0 Å². The van der Waals surface area contributed by atoms with Gasteiger partial charge in [-0.1, -0.05) is 30.3 Å². The number of nitrogens with one attached hydrogen (secondary N) is 1. The van der Waals surface area contributed by atoms with Gasteiger partial charge in [0.05, 0.1) is 6.21 Å². The van der Waals surface area contributed by atoms with Crippen molar-refractivity contribution in [1.29, 1.82) is 0 Å². The van der Waals surface area contributed by atoms with E-state index in [9.17, 15) is 0 Å². The molecule has 5 heteroatoms. The molecule has 76 valence electrons. The molecule has 0 aliphatic carbocycles. The Bertz CT molecular complexity index is 308. The minimum Gasteiger partial charge on any atom is -0.369 e. The molecule has 0 atom stereocenters. The Kier molecular flexibility index (Phi) is 6.15. The van der Waals surface area contributed by atoms with Crippen LogP contribution in [0.15, 0.2) is 40.4 Å². The number of hydrogen-bond acceptors (Lipinski definition) is 2. The molecule has 0 amide bonds. The summed E-state index contributed by atoms with van der Waals surface area (Å²) < 4.78 is 0. The van der Waals surface area contributed by atoms with E-state index in [1.54, 1.807) is 13.3 Å². The van der Waals surface area contributed by atoms with Crippen LogP contribution in [0.1, 0.15) is 5.56 Å². The molecule has 0 bridgehead atoms. The van der Waals surface area contributed by atoms with Crippen LogP contribution in [0.2, 0.25) is 0 Å². The van der Waals surface area contributed by atoms with E-state index in [1.807, 2.05) is 30.3 Å². The highest BCUT2D eigenvalue weighted by atomic mass is 35.5.